The lowest BCUT2D eigenvalue weighted by Crippen LogP contribution is -2.12. The fourth-order valence-electron chi connectivity index (χ4n) is 3.04. The number of rotatable bonds is 4. The number of benzene rings is 3. The first kappa shape index (κ1) is 16.7. The summed E-state index contributed by atoms with van der Waals surface area (Å²) in [7, 11) is 0. The number of nitrogens with zero attached hydrogens (tertiary/aromatic N) is 1. The maximum absolute atomic E-state index is 12.5. The van der Waals surface area contributed by atoms with Crippen LogP contribution in [0, 0.1) is 0 Å². The number of amides is 1. The molecule has 2 N–H and O–H groups in total. The van der Waals surface area contributed by atoms with Crippen molar-refractivity contribution >= 4 is 28.2 Å². The van der Waals surface area contributed by atoms with E-state index >= 15 is 0 Å². The lowest BCUT2D eigenvalue weighted by atomic mass is 10.0. The van der Waals surface area contributed by atoms with Gasteiger partial charge in [0.15, 0.2) is 5.78 Å². The van der Waals surface area contributed by atoms with Crippen molar-refractivity contribution in [1.82, 2.24) is 10.2 Å². The van der Waals surface area contributed by atoms with Gasteiger partial charge in [0, 0.05) is 16.8 Å². The van der Waals surface area contributed by atoms with Gasteiger partial charge in [-0.25, -0.2) is 0 Å². The van der Waals surface area contributed by atoms with Crippen LogP contribution in [-0.4, -0.2) is 21.9 Å². The summed E-state index contributed by atoms with van der Waals surface area (Å²) in [6.45, 7) is 1.49. The Kier molecular flexibility index (Phi) is 4.26. The van der Waals surface area contributed by atoms with Crippen LogP contribution in [0.3, 0.4) is 0 Å². The van der Waals surface area contributed by atoms with E-state index in [-0.39, 0.29) is 11.7 Å². The van der Waals surface area contributed by atoms with Gasteiger partial charge >= 0.3 is 0 Å². The number of anilines is 1. The molecule has 4 aromatic rings. The summed E-state index contributed by atoms with van der Waals surface area (Å²) in [5.41, 5.74) is 3.13. The number of carbonyl (C=O) groups is 2. The summed E-state index contributed by atoms with van der Waals surface area (Å²) in [6, 6.07) is 22.6. The number of hydrogen-bond donors (Lipinski definition) is 2. The number of nitrogens with one attached hydrogen (secondary N) is 2. The predicted molar refractivity (Wildman–Crippen MR) is 106 cm³/mol. The van der Waals surface area contributed by atoms with Gasteiger partial charge in [0.05, 0.1) is 5.69 Å². The number of carbonyl (C=O) groups excluding carboxylic acids is 2. The van der Waals surface area contributed by atoms with Crippen LogP contribution in [0.4, 0.5) is 5.69 Å². The van der Waals surface area contributed by atoms with Gasteiger partial charge in [-0.15, -0.1) is 0 Å². The van der Waals surface area contributed by atoms with Gasteiger partial charge in [-0.3, -0.25) is 14.7 Å². The van der Waals surface area contributed by atoms with Crippen LogP contribution < -0.4 is 5.32 Å². The SMILES string of the molecule is CC(=O)c1cccc(NC(=O)c2cc(-c3cccc4ccccc34)n[nH]2)c1. The molecule has 0 spiro atoms. The van der Waals surface area contributed by atoms with Crippen LogP contribution >= 0.6 is 0 Å². The Morgan fingerprint density at radius 2 is 1.70 bits per heavy atom. The third kappa shape index (κ3) is 3.35. The van der Waals surface area contributed by atoms with E-state index in [4.69, 9.17) is 0 Å². The third-order valence-corrected chi connectivity index (χ3v) is 4.42. The first-order valence-electron chi connectivity index (χ1n) is 8.58. The van der Waals surface area contributed by atoms with Gasteiger partial charge in [0.2, 0.25) is 0 Å². The molecule has 5 nitrogen and oxygen atoms in total. The molecule has 1 aromatic heterocycles. The molecule has 0 saturated heterocycles. The van der Waals surface area contributed by atoms with Crippen LogP contribution in [0.5, 0.6) is 0 Å². The highest BCUT2D eigenvalue weighted by Gasteiger charge is 2.13. The number of aromatic nitrogens is 2. The highest BCUT2D eigenvalue weighted by Crippen LogP contribution is 2.27. The van der Waals surface area contributed by atoms with Crippen LogP contribution in [-0.2, 0) is 0 Å². The van der Waals surface area contributed by atoms with Gasteiger partial charge in [0.25, 0.3) is 5.91 Å². The monoisotopic (exact) mass is 355 g/mol. The maximum atomic E-state index is 12.5. The highest BCUT2D eigenvalue weighted by molar-refractivity contribution is 6.05. The molecule has 0 fully saturated rings. The normalized spacial score (nSPS) is 10.7. The van der Waals surface area contributed by atoms with Crippen molar-refractivity contribution in [2.45, 2.75) is 6.92 Å². The quantitative estimate of drug-likeness (QED) is 0.522. The molecule has 0 bridgehead atoms. The molecule has 5 heteroatoms. The number of H-pyrrole nitrogens is 1. The van der Waals surface area contributed by atoms with E-state index in [9.17, 15) is 9.59 Å². The molecule has 1 amide bonds. The summed E-state index contributed by atoms with van der Waals surface area (Å²) < 4.78 is 0. The Balaban J connectivity index is 1.61. The number of hydrogen-bond acceptors (Lipinski definition) is 3. The minimum absolute atomic E-state index is 0.0501. The first-order valence-corrected chi connectivity index (χ1v) is 8.58. The third-order valence-electron chi connectivity index (χ3n) is 4.42. The maximum Gasteiger partial charge on any atom is 0.273 e. The van der Waals surface area contributed by atoms with Crippen molar-refractivity contribution < 1.29 is 9.59 Å². The van der Waals surface area contributed by atoms with Crippen LogP contribution in [0.1, 0.15) is 27.8 Å². The molecule has 0 radical (unpaired) electrons. The molecule has 0 saturated carbocycles. The summed E-state index contributed by atoms with van der Waals surface area (Å²) in [5.74, 6) is -0.361. The number of Topliss-reactive ketones (excluding diaryl/α,β-unsaturated/α-hetero) is 1. The second-order valence-corrected chi connectivity index (χ2v) is 6.28. The average Bonchev–Trinajstić information content (AvgIpc) is 3.18. The fourth-order valence-corrected chi connectivity index (χ4v) is 3.04. The minimum Gasteiger partial charge on any atom is -0.321 e. The molecule has 0 aliphatic heterocycles. The highest BCUT2D eigenvalue weighted by atomic mass is 16.2. The van der Waals surface area contributed by atoms with Crippen LogP contribution in [0.15, 0.2) is 72.8 Å². The smallest absolute Gasteiger partial charge is 0.273 e. The number of ketones is 1. The van der Waals surface area contributed by atoms with Gasteiger partial charge in [-0.1, -0.05) is 54.6 Å². The van der Waals surface area contributed by atoms with Crippen LogP contribution in [0.25, 0.3) is 22.0 Å². The fraction of sp³-hybridized carbons (Fsp3) is 0.0455. The predicted octanol–water partition coefficient (Wildman–Crippen LogP) is 4.68. The molecular formula is C22H17N3O2. The average molecular weight is 355 g/mol. The van der Waals surface area contributed by atoms with E-state index in [1.807, 2.05) is 42.5 Å². The summed E-state index contributed by atoms with van der Waals surface area (Å²) in [5, 5.41) is 12.1. The Hall–Kier alpha value is -3.73. The lowest BCUT2D eigenvalue weighted by Gasteiger charge is -2.05. The van der Waals surface area contributed by atoms with Gasteiger partial charge in [-0.2, -0.15) is 5.10 Å². The molecule has 132 valence electrons. The van der Waals surface area contributed by atoms with Crippen LogP contribution in [0.2, 0.25) is 0 Å². The van der Waals surface area contributed by atoms with Crippen molar-refractivity contribution in [1.29, 1.82) is 0 Å². The Bertz CT molecular complexity index is 1160. The molecule has 0 unspecified atom stereocenters. The summed E-state index contributed by atoms with van der Waals surface area (Å²) in [4.78, 5) is 24.0. The molecule has 1 heterocycles. The van der Waals surface area contributed by atoms with E-state index in [2.05, 4.69) is 15.5 Å². The van der Waals surface area contributed by atoms with Crippen molar-refractivity contribution in [3.05, 3.63) is 84.1 Å². The van der Waals surface area contributed by atoms with E-state index in [0.717, 1.165) is 16.3 Å². The van der Waals surface area contributed by atoms with E-state index < -0.39 is 0 Å². The number of fused-ring (bicyclic) bond motifs is 1. The van der Waals surface area contributed by atoms with Crippen molar-refractivity contribution in [3.63, 3.8) is 0 Å². The lowest BCUT2D eigenvalue weighted by molar-refractivity contribution is 0.100. The summed E-state index contributed by atoms with van der Waals surface area (Å²) >= 11 is 0. The van der Waals surface area contributed by atoms with Crippen molar-refractivity contribution in [2.75, 3.05) is 5.32 Å². The molecule has 0 aliphatic carbocycles. The molecule has 0 atom stereocenters. The zero-order valence-corrected chi connectivity index (χ0v) is 14.7. The molecule has 3 aromatic carbocycles. The second kappa shape index (κ2) is 6.88. The first-order chi connectivity index (χ1) is 13.1. The Morgan fingerprint density at radius 1 is 0.926 bits per heavy atom. The molecular weight excluding hydrogens is 338 g/mol. The van der Waals surface area contributed by atoms with E-state index in [1.165, 1.54) is 6.92 Å². The van der Waals surface area contributed by atoms with Gasteiger partial charge in [-0.05, 0) is 35.9 Å². The molecule has 4 rings (SSSR count). The van der Waals surface area contributed by atoms with Crippen molar-refractivity contribution in [3.8, 4) is 11.3 Å². The van der Waals surface area contributed by atoms with Gasteiger partial charge < -0.3 is 5.32 Å². The van der Waals surface area contributed by atoms with Gasteiger partial charge in [0.1, 0.15) is 5.69 Å². The topological polar surface area (TPSA) is 74.8 Å². The molecule has 27 heavy (non-hydrogen) atoms. The zero-order valence-electron chi connectivity index (χ0n) is 14.7. The van der Waals surface area contributed by atoms with E-state index in [0.29, 0.717) is 22.6 Å². The second-order valence-electron chi connectivity index (χ2n) is 6.28. The van der Waals surface area contributed by atoms with E-state index in [1.54, 1.807) is 30.3 Å². The zero-order chi connectivity index (χ0) is 18.8. The largest absolute Gasteiger partial charge is 0.321 e. The van der Waals surface area contributed by atoms with Crippen molar-refractivity contribution in [2.24, 2.45) is 0 Å². The summed E-state index contributed by atoms with van der Waals surface area (Å²) in [6.07, 6.45) is 0. The minimum atomic E-state index is -0.310. The Labute approximate surface area is 156 Å². The molecule has 0 aliphatic rings. The Morgan fingerprint density at radius 3 is 2.56 bits per heavy atom. The standard InChI is InChI=1S/C22H17N3O2/c1-14(26)16-8-4-9-17(12-16)23-22(27)21-13-20(24-25-21)19-11-5-7-15-6-2-3-10-18(15)19/h2-13H,1H3,(H,23,27)(H,24,25). The number of aromatic amines is 1.